The molecule has 1 atom stereocenters. The van der Waals surface area contributed by atoms with Crippen molar-refractivity contribution in [2.45, 2.75) is 20.0 Å². The van der Waals surface area contributed by atoms with Crippen molar-refractivity contribution in [2.75, 3.05) is 10.6 Å². The lowest BCUT2D eigenvalue weighted by molar-refractivity contribution is -0.123. The second-order valence-corrected chi connectivity index (χ2v) is 5.47. The third-order valence-corrected chi connectivity index (χ3v) is 3.34. The molecule has 0 aromatic heterocycles. The third kappa shape index (κ3) is 5.35. The summed E-state index contributed by atoms with van der Waals surface area (Å²) in [4.78, 5) is 35.1. The maximum atomic E-state index is 12.1. The Bertz CT molecular complexity index is 787. The molecule has 0 saturated carbocycles. The zero-order valence-electron chi connectivity index (χ0n) is 13.9. The lowest BCUT2D eigenvalue weighted by atomic mass is 10.2. The molecule has 2 aromatic rings. The van der Waals surface area contributed by atoms with Gasteiger partial charge in [-0.05, 0) is 44.2 Å². The van der Waals surface area contributed by atoms with E-state index < -0.39 is 24.0 Å². The van der Waals surface area contributed by atoms with Crippen molar-refractivity contribution in [2.24, 2.45) is 5.73 Å². The van der Waals surface area contributed by atoms with Crippen LogP contribution < -0.4 is 16.4 Å². The largest absolute Gasteiger partial charge is 0.449 e. The number of amides is 3. The fourth-order valence-electron chi connectivity index (χ4n) is 2.03. The summed E-state index contributed by atoms with van der Waals surface area (Å²) in [5.74, 6) is -1.12. The summed E-state index contributed by atoms with van der Waals surface area (Å²) in [5, 5.41) is 5.04. The van der Waals surface area contributed by atoms with Gasteiger partial charge in [-0.2, -0.15) is 0 Å². The summed E-state index contributed by atoms with van der Waals surface area (Å²) in [7, 11) is 0. The molecule has 2 rings (SSSR count). The zero-order valence-corrected chi connectivity index (χ0v) is 13.9. The minimum atomic E-state index is -0.985. The van der Waals surface area contributed by atoms with E-state index in [0.29, 0.717) is 11.4 Å². The van der Waals surface area contributed by atoms with Crippen LogP contribution in [0.4, 0.5) is 16.2 Å². The Hall–Kier alpha value is -3.35. The number of carbonyl (C=O) groups is 3. The molecule has 2 aromatic carbocycles. The van der Waals surface area contributed by atoms with Gasteiger partial charge in [-0.3, -0.25) is 4.79 Å². The molecule has 0 aliphatic heterocycles. The topological polar surface area (TPSA) is 111 Å². The second-order valence-electron chi connectivity index (χ2n) is 5.47. The predicted molar refractivity (Wildman–Crippen MR) is 94.3 cm³/mol. The first-order valence-corrected chi connectivity index (χ1v) is 7.60. The Morgan fingerprint density at radius 1 is 1.00 bits per heavy atom. The number of carbonyl (C=O) groups excluding carboxylic acids is 3. The maximum absolute atomic E-state index is 12.1. The van der Waals surface area contributed by atoms with E-state index in [1.54, 1.807) is 24.3 Å². The van der Waals surface area contributed by atoms with Gasteiger partial charge in [0.15, 0.2) is 6.10 Å². The number of urea groups is 1. The average Bonchev–Trinajstić information content (AvgIpc) is 2.56. The van der Waals surface area contributed by atoms with Crippen molar-refractivity contribution in [3.05, 3.63) is 59.7 Å². The number of primary amides is 1. The molecule has 7 heteroatoms. The van der Waals surface area contributed by atoms with Crippen LogP contribution in [0.25, 0.3) is 0 Å². The van der Waals surface area contributed by atoms with Crippen LogP contribution in [-0.2, 0) is 9.53 Å². The average molecular weight is 341 g/mol. The molecule has 0 aliphatic rings. The van der Waals surface area contributed by atoms with E-state index in [1.807, 2.05) is 19.1 Å². The molecule has 0 unspecified atom stereocenters. The molecule has 7 nitrogen and oxygen atoms in total. The van der Waals surface area contributed by atoms with Crippen LogP contribution in [0.5, 0.6) is 0 Å². The van der Waals surface area contributed by atoms with Crippen LogP contribution in [0.1, 0.15) is 22.8 Å². The molecule has 0 heterocycles. The lowest BCUT2D eigenvalue weighted by Gasteiger charge is -2.14. The van der Waals surface area contributed by atoms with E-state index >= 15 is 0 Å². The Kier molecular flexibility index (Phi) is 5.73. The first-order chi connectivity index (χ1) is 11.8. The van der Waals surface area contributed by atoms with Gasteiger partial charge in [0, 0.05) is 11.4 Å². The fourth-order valence-corrected chi connectivity index (χ4v) is 2.03. The molecule has 25 heavy (non-hydrogen) atoms. The van der Waals surface area contributed by atoms with Crippen LogP contribution >= 0.6 is 0 Å². The molecule has 0 spiro atoms. The number of aryl methyl sites for hydroxylation is 1. The Labute approximate surface area is 145 Å². The van der Waals surface area contributed by atoms with Gasteiger partial charge >= 0.3 is 12.0 Å². The molecule has 0 saturated heterocycles. The van der Waals surface area contributed by atoms with Crippen molar-refractivity contribution in [3.8, 4) is 0 Å². The van der Waals surface area contributed by atoms with E-state index in [1.165, 1.54) is 19.1 Å². The number of esters is 1. The number of nitrogens with one attached hydrogen (secondary N) is 2. The standard InChI is InChI=1S/C18H19N3O4/c1-11-6-8-14(9-7-11)20-16(22)12(2)25-17(23)13-4-3-5-15(10-13)21-18(19)24/h3-10,12H,1-2H3,(H,20,22)(H3,19,21,24)/t12-/m0/s1. The van der Waals surface area contributed by atoms with Gasteiger partial charge in [0.2, 0.25) is 0 Å². The quantitative estimate of drug-likeness (QED) is 0.726. The highest BCUT2D eigenvalue weighted by Gasteiger charge is 2.19. The summed E-state index contributed by atoms with van der Waals surface area (Å²) in [5.41, 5.74) is 7.28. The monoisotopic (exact) mass is 341 g/mol. The van der Waals surface area contributed by atoms with Crippen molar-refractivity contribution in [1.82, 2.24) is 0 Å². The molecule has 0 aliphatic carbocycles. The molecular formula is C18H19N3O4. The Balaban J connectivity index is 1.98. The molecule has 3 amide bonds. The van der Waals surface area contributed by atoms with Gasteiger partial charge in [-0.1, -0.05) is 23.8 Å². The van der Waals surface area contributed by atoms with E-state index in [4.69, 9.17) is 10.5 Å². The number of nitrogens with two attached hydrogens (primary N) is 1. The second kappa shape index (κ2) is 7.96. The number of benzene rings is 2. The molecule has 0 fully saturated rings. The molecule has 0 bridgehead atoms. The van der Waals surface area contributed by atoms with Gasteiger partial charge in [-0.25, -0.2) is 9.59 Å². The van der Waals surface area contributed by atoms with E-state index in [9.17, 15) is 14.4 Å². The van der Waals surface area contributed by atoms with Crippen LogP contribution in [-0.4, -0.2) is 24.0 Å². The lowest BCUT2D eigenvalue weighted by Crippen LogP contribution is -2.30. The first-order valence-electron chi connectivity index (χ1n) is 7.60. The Morgan fingerprint density at radius 3 is 2.32 bits per heavy atom. The van der Waals surface area contributed by atoms with E-state index in [2.05, 4.69) is 10.6 Å². The smallest absolute Gasteiger partial charge is 0.338 e. The van der Waals surface area contributed by atoms with Gasteiger partial charge in [0.25, 0.3) is 5.91 Å². The van der Waals surface area contributed by atoms with Gasteiger partial charge in [-0.15, -0.1) is 0 Å². The third-order valence-electron chi connectivity index (χ3n) is 3.34. The number of ether oxygens (including phenoxy) is 1. The number of hydrogen-bond acceptors (Lipinski definition) is 4. The van der Waals surface area contributed by atoms with Crippen LogP contribution in [0.15, 0.2) is 48.5 Å². The van der Waals surface area contributed by atoms with E-state index in [0.717, 1.165) is 5.56 Å². The normalized spacial score (nSPS) is 11.3. The number of rotatable bonds is 5. The number of hydrogen-bond donors (Lipinski definition) is 3. The van der Waals surface area contributed by atoms with E-state index in [-0.39, 0.29) is 5.56 Å². The highest BCUT2D eigenvalue weighted by molar-refractivity contribution is 5.98. The van der Waals surface area contributed by atoms with Crippen LogP contribution in [0.3, 0.4) is 0 Å². The summed E-state index contributed by atoms with van der Waals surface area (Å²) in [6.45, 7) is 3.42. The van der Waals surface area contributed by atoms with Gasteiger partial charge in [0.1, 0.15) is 0 Å². The molecular weight excluding hydrogens is 322 g/mol. The van der Waals surface area contributed by atoms with Gasteiger partial charge < -0.3 is 21.1 Å². The van der Waals surface area contributed by atoms with Crippen molar-refractivity contribution < 1.29 is 19.1 Å². The van der Waals surface area contributed by atoms with Crippen LogP contribution in [0, 0.1) is 6.92 Å². The van der Waals surface area contributed by atoms with Crippen molar-refractivity contribution in [1.29, 1.82) is 0 Å². The van der Waals surface area contributed by atoms with Gasteiger partial charge in [0.05, 0.1) is 5.56 Å². The SMILES string of the molecule is Cc1ccc(NC(=O)[C@H](C)OC(=O)c2cccc(NC(N)=O)c2)cc1. The van der Waals surface area contributed by atoms with Crippen LogP contribution in [0.2, 0.25) is 0 Å². The summed E-state index contributed by atoms with van der Waals surface area (Å²) in [6.07, 6.45) is -0.985. The van der Waals surface area contributed by atoms with Crippen molar-refractivity contribution >= 4 is 29.3 Å². The number of anilines is 2. The fraction of sp³-hybridized carbons (Fsp3) is 0.167. The molecule has 130 valence electrons. The predicted octanol–water partition coefficient (Wildman–Crippen LogP) is 2.67. The summed E-state index contributed by atoms with van der Waals surface area (Å²) in [6, 6.07) is 12.6. The molecule has 4 N–H and O–H groups in total. The molecule has 0 radical (unpaired) electrons. The summed E-state index contributed by atoms with van der Waals surface area (Å²) >= 11 is 0. The minimum Gasteiger partial charge on any atom is -0.449 e. The minimum absolute atomic E-state index is 0.196. The van der Waals surface area contributed by atoms with Crippen molar-refractivity contribution in [3.63, 3.8) is 0 Å². The highest BCUT2D eigenvalue weighted by atomic mass is 16.5. The first kappa shape index (κ1) is 18.0. The zero-order chi connectivity index (χ0) is 18.4. The Morgan fingerprint density at radius 2 is 1.68 bits per heavy atom. The highest BCUT2D eigenvalue weighted by Crippen LogP contribution is 2.13. The summed E-state index contributed by atoms with van der Waals surface area (Å²) < 4.78 is 5.16. The maximum Gasteiger partial charge on any atom is 0.338 e.